The number of carbonyl (C=O) groups is 2. The van der Waals surface area contributed by atoms with Crippen LogP contribution in [-0.4, -0.2) is 37.7 Å². The van der Waals surface area contributed by atoms with Crippen LogP contribution in [0.1, 0.15) is 63.6 Å². The number of aromatic nitrogens is 1. The van der Waals surface area contributed by atoms with Crippen molar-refractivity contribution in [3.63, 3.8) is 0 Å². The van der Waals surface area contributed by atoms with E-state index in [2.05, 4.69) is 20.8 Å². The van der Waals surface area contributed by atoms with Crippen LogP contribution in [0.15, 0.2) is 54.6 Å². The van der Waals surface area contributed by atoms with Crippen molar-refractivity contribution < 1.29 is 23.5 Å². The minimum atomic E-state index is -1.14. The average Bonchev–Trinajstić information content (AvgIpc) is 3.65. The number of rotatable bonds is 10. The zero-order valence-corrected chi connectivity index (χ0v) is 21.8. The summed E-state index contributed by atoms with van der Waals surface area (Å²) >= 11 is 0. The Morgan fingerprint density at radius 3 is 2.50 bits per heavy atom. The largest absolute Gasteiger partial charge is 0.481 e. The van der Waals surface area contributed by atoms with Gasteiger partial charge in [0, 0.05) is 28.9 Å². The number of pyridine rings is 1. The standard InChI is InChI=1S/C29H30FNO4Si/c1-29(2,3)36-35-22(16-21(32)17-26(33)34)14-15-24-27(18-10-12-20(30)13-11-18)23-6-4-5-7-25(23)31-28(24)19-8-9-19/h4-7,10-15,19,22H,8-9,16-17H2,1-3H3,(H,33,34)/b15-14+/t22-/m1/s1. The van der Waals surface area contributed by atoms with Gasteiger partial charge in [-0.25, -0.2) is 4.39 Å². The summed E-state index contributed by atoms with van der Waals surface area (Å²) < 4.78 is 19.9. The molecule has 1 N–H and O–H groups in total. The number of hydrogen-bond donors (Lipinski definition) is 1. The van der Waals surface area contributed by atoms with Crippen molar-refractivity contribution in [1.82, 2.24) is 4.98 Å². The number of carboxylic acids is 1. The number of Topliss-reactive ketones (excluding diaryl/α,β-unsaturated/α-hetero) is 1. The topological polar surface area (TPSA) is 76.5 Å². The van der Waals surface area contributed by atoms with Crippen LogP contribution in [0.25, 0.3) is 28.1 Å². The maximum atomic E-state index is 13.8. The molecule has 2 aromatic carbocycles. The maximum absolute atomic E-state index is 13.8. The van der Waals surface area contributed by atoms with Gasteiger partial charge in [0.25, 0.3) is 0 Å². The fourth-order valence-electron chi connectivity index (χ4n) is 4.08. The summed E-state index contributed by atoms with van der Waals surface area (Å²) in [7, 11) is 0.135. The quantitative estimate of drug-likeness (QED) is 0.250. The van der Waals surface area contributed by atoms with Gasteiger partial charge in [-0.2, -0.15) is 0 Å². The van der Waals surface area contributed by atoms with Crippen molar-refractivity contribution >= 4 is 38.5 Å². The molecule has 1 aliphatic rings. The van der Waals surface area contributed by atoms with Gasteiger partial charge < -0.3 is 9.53 Å². The number of carboxylic acid groups (broad SMARTS) is 1. The Bertz CT molecular complexity index is 1290. The fourth-order valence-corrected chi connectivity index (χ4v) is 4.75. The van der Waals surface area contributed by atoms with Crippen molar-refractivity contribution in [3.05, 3.63) is 71.7 Å². The Labute approximate surface area is 213 Å². The lowest BCUT2D eigenvalue weighted by Crippen LogP contribution is -2.23. The lowest BCUT2D eigenvalue weighted by molar-refractivity contribution is -0.140. The van der Waals surface area contributed by atoms with Gasteiger partial charge in [-0.3, -0.25) is 14.6 Å². The molecule has 1 atom stereocenters. The molecular formula is C29H30FNO4Si. The summed E-state index contributed by atoms with van der Waals surface area (Å²) in [6.07, 6.45) is 4.81. The Morgan fingerprint density at radius 1 is 1.17 bits per heavy atom. The van der Waals surface area contributed by atoms with Gasteiger partial charge in [0.05, 0.1) is 17.3 Å². The van der Waals surface area contributed by atoms with Gasteiger partial charge in [0.2, 0.25) is 9.76 Å². The van der Waals surface area contributed by atoms with Gasteiger partial charge >= 0.3 is 5.97 Å². The second kappa shape index (κ2) is 10.8. The molecule has 0 amide bonds. The number of carbonyl (C=O) groups excluding carboxylic acids is 1. The molecule has 2 radical (unpaired) electrons. The first kappa shape index (κ1) is 25.9. The minimum Gasteiger partial charge on any atom is -0.481 e. The lowest BCUT2D eigenvalue weighted by atomic mass is 9.92. The molecule has 1 saturated carbocycles. The van der Waals surface area contributed by atoms with Crippen LogP contribution in [0.5, 0.6) is 0 Å². The summed E-state index contributed by atoms with van der Waals surface area (Å²) in [4.78, 5) is 28.4. The maximum Gasteiger partial charge on any atom is 0.310 e. The molecule has 0 saturated heterocycles. The molecule has 186 valence electrons. The monoisotopic (exact) mass is 503 g/mol. The van der Waals surface area contributed by atoms with E-state index in [1.54, 1.807) is 12.1 Å². The van der Waals surface area contributed by atoms with Crippen molar-refractivity contribution in [2.24, 2.45) is 0 Å². The highest BCUT2D eigenvalue weighted by Crippen LogP contribution is 2.45. The highest BCUT2D eigenvalue weighted by atomic mass is 28.2. The zero-order valence-electron chi connectivity index (χ0n) is 20.8. The summed E-state index contributed by atoms with van der Waals surface area (Å²) in [5.41, 5.74) is 4.65. The van der Waals surface area contributed by atoms with E-state index in [9.17, 15) is 14.0 Å². The van der Waals surface area contributed by atoms with Crippen LogP contribution < -0.4 is 0 Å². The van der Waals surface area contributed by atoms with E-state index in [4.69, 9.17) is 14.5 Å². The second-order valence-electron chi connectivity index (χ2n) is 10.3. The van der Waals surface area contributed by atoms with Gasteiger partial charge in [-0.15, -0.1) is 0 Å². The fraction of sp³-hybridized carbons (Fsp3) is 0.345. The molecule has 1 fully saturated rings. The molecule has 0 bridgehead atoms. The number of benzene rings is 2. The molecule has 36 heavy (non-hydrogen) atoms. The third-order valence-electron chi connectivity index (χ3n) is 5.83. The van der Waals surface area contributed by atoms with Crippen LogP contribution in [-0.2, 0) is 14.0 Å². The van der Waals surface area contributed by atoms with E-state index in [1.807, 2.05) is 36.4 Å². The average molecular weight is 504 g/mol. The molecule has 1 aromatic heterocycles. The van der Waals surface area contributed by atoms with Crippen LogP contribution in [0.4, 0.5) is 4.39 Å². The predicted molar refractivity (Wildman–Crippen MR) is 140 cm³/mol. The summed E-state index contributed by atoms with van der Waals surface area (Å²) in [5, 5.41) is 9.91. The number of ketones is 1. The third-order valence-corrected chi connectivity index (χ3v) is 6.86. The first-order valence-electron chi connectivity index (χ1n) is 12.1. The number of aliphatic carboxylic acids is 1. The van der Waals surface area contributed by atoms with Crippen molar-refractivity contribution in [2.75, 3.05) is 0 Å². The van der Waals surface area contributed by atoms with E-state index >= 15 is 0 Å². The number of para-hydroxylation sites is 1. The molecule has 0 spiro atoms. The van der Waals surface area contributed by atoms with Crippen molar-refractivity contribution in [2.45, 2.75) is 63.5 Å². The van der Waals surface area contributed by atoms with Crippen LogP contribution in [0, 0.1) is 5.82 Å². The Balaban J connectivity index is 1.80. The van der Waals surface area contributed by atoms with Crippen molar-refractivity contribution in [1.29, 1.82) is 0 Å². The number of fused-ring (bicyclic) bond motifs is 1. The molecule has 4 rings (SSSR count). The normalized spacial score (nSPS) is 14.9. The van der Waals surface area contributed by atoms with Crippen LogP contribution >= 0.6 is 0 Å². The number of nitrogens with zero attached hydrogens (tertiary/aromatic N) is 1. The van der Waals surface area contributed by atoms with Crippen LogP contribution in [0.3, 0.4) is 0 Å². The van der Waals surface area contributed by atoms with Crippen molar-refractivity contribution in [3.8, 4) is 11.1 Å². The molecule has 7 heteroatoms. The molecule has 0 unspecified atom stereocenters. The summed E-state index contributed by atoms with van der Waals surface area (Å²) in [5.74, 6) is -1.48. The van der Waals surface area contributed by atoms with Gasteiger partial charge in [0.15, 0.2) is 0 Å². The van der Waals surface area contributed by atoms with E-state index in [0.717, 1.165) is 46.1 Å². The Kier molecular flexibility index (Phi) is 7.81. The minimum absolute atomic E-state index is 0.0163. The zero-order chi connectivity index (χ0) is 25.9. The van der Waals surface area contributed by atoms with E-state index < -0.39 is 18.5 Å². The molecule has 1 aliphatic carbocycles. The number of halogens is 1. The molecular weight excluding hydrogens is 473 g/mol. The van der Waals surface area contributed by atoms with Crippen LogP contribution in [0.2, 0.25) is 5.04 Å². The van der Waals surface area contributed by atoms with Gasteiger partial charge in [0.1, 0.15) is 18.0 Å². The molecule has 0 aliphatic heterocycles. The van der Waals surface area contributed by atoms with E-state index in [1.165, 1.54) is 12.1 Å². The summed E-state index contributed by atoms with van der Waals surface area (Å²) in [6.45, 7) is 6.16. The summed E-state index contributed by atoms with van der Waals surface area (Å²) in [6, 6.07) is 14.4. The lowest BCUT2D eigenvalue weighted by Gasteiger charge is -2.21. The Hall–Kier alpha value is -3.16. The van der Waals surface area contributed by atoms with E-state index in [-0.39, 0.29) is 32.8 Å². The molecule has 5 nitrogen and oxygen atoms in total. The van der Waals surface area contributed by atoms with Gasteiger partial charge in [-0.05, 0) is 41.6 Å². The Morgan fingerprint density at radius 2 is 1.86 bits per heavy atom. The molecule has 3 aromatic rings. The highest BCUT2D eigenvalue weighted by Gasteiger charge is 2.30. The third kappa shape index (κ3) is 6.74. The second-order valence-corrected chi connectivity index (χ2v) is 12.2. The van der Waals surface area contributed by atoms with Gasteiger partial charge in [-0.1, -0.05) is 63.3 Å². The molecule has 1 heterocycles. The first-order chi connectivity index (χ1) is 17.1. The smallest absolute Gasteiger partial charge is 0.310 e. The highest BCUT2D eigenvalue weighted by molar-refractivity contribution is 6.31. The predicted octanol–water partition coefficient (Wildman–Crippen LogP) is 6.59. The first-order valence-corrected chi connectivity index (χ1v) is 13.0. The van der Waals surface area contributed by atoms with E-state index in [0.29, 0.717) is 5.92 Å². The number of hydrogen-bond acceptors (Lipinski definition) is 4. The SMILES string of the molecule is CC(C)(C)[Si]O[C@H](/C=C/c1c(C2CC2)nc2ccccc2c1-c1ccc(F)cc1)CC(=O)CC(=O)O.